The summed E-state index contributed by atoms with van der Waals surface area (Å²) in [5, 5.41) is 2.81. The normalized spacial score (nSPS) is 15.9. The van der Waals surface area contributed by atoms with Gasteiger partial charge in [-0.25, -0.2) is 0 Å². The minimum Gasteiger partial charge on any atom is -0.370 e. The van der Waals surface area contributed by atoms with Crippen molar-refractivity contribution in [1.82, 2.24) is 9.88 Å². The summed E-state index contributed by atoms with van der Waals surface area (Å²) < 4.78 is 1.66. The summed E-state index contributed by atoms with van der Waals surface area (Å²) in [4.78, 5) is 26.8. The van der Waals surface area contributed by atoms with Crippen LogP contribution in [-0.4, -0.2) is 36.7 Å². The molecule has 134 valence electrons. The number of aromatic nitrogens is 1. The Labute approximate surface area is 144 Å². The number of pyridine rings is 1. The Kier molecular flexibility index (Phi) is 6.43. The van der Waals surface area contributed by atoms with Gasteiger partial charge in [-0.3, -0.25) is 9.59 Å². The molecule has 0 atom stereocenters. The van der Waals surface area contributed by atoms with E-state index < -0.39 is 5.41 Å². The zero-order valence-corrected chi connectivity index (χ0v) is 14.9. The van der Waals surface area contributed by atoms with Gasteiger partial charge in [0.25, 0.3) is 5.56 Å². The van der Waals surface area contributed by atoms with Crippen LogP contribution in [0.25, 0.3) is 0 Å². The largest absolute Gasteiger partial charge is 0.370 e. The fraction of sp³-hybridized carbons (Fsp3) is 0.667. The number of anilines is 1. The first-order valence-corrected chi connectivity index (χ1v) is 8.88. The third-order valence-electron chi connectivity index (χ3n) is 4.55. The smallest absolute Gasteiger partial charge is 0.250 e. The van der Waals surface area contributed by atoms with Gasteiger partial charge in [-0.15, -0.1) is 0 Å². The fourth-order valence-corrected chi connectivity index (χ4v) is 3.08. The molecule has 0 radical (unpaired) electrons. The highest BCUT2D eigenvalue weighted by Crippen LogP contribution is 2.21. The van der Waals surface area contributed by atoms with Crippen LogP contribution in [0, 0.1) is 5.41 Å². The van der Waals surface area contributed by atoms with Gasteiger partial charge >= 0.3 is 0 Å². The number of amides is 1. The zero-order chi connectivity index (χ0) is 17.6. The van der Waals surface area contributed by atoms with Crippen LogP contribution in [0.1, 0.15) is 39.5 Å². The molecule has 1 aliphatic rings. The maximum absolute atomic E-state index is 12.3. The summed E-state index contributed by atoms with van der Waals surface area (Å²) in [6, 6.07) is 3.50. The molecule has 0 unspecified atom stereocenters. The van der Waals surface area contributed by atoms with Gasteiger partial charge in [0.15, 0.2) is 0 Å². The summed E-state index contributed by atoms with van der Waals surface area (Å²) in [5.74, 6) is -0.0833. The SMILES string of the molecule is CC(C)(Cn1cc(N2CCCCCC2)ccc1=O)C(=O)NCCN. The number of nitrogens with one attached hydrogen (secondary N) is 1. The van der Waals surface area contributed by atoms with E-state index in [0.29, 0.717) is 19.6 Å². The molecule has 6 heteroatoms. The van der Waals surface area contributed by atoms with E-state index in [1.54, 1.807) is 10.6 Å². The molecule has 1 saturated heterocycles. The molecule has 0 aliphatic carbocycles. The predicted octanol–water partition coefficient (Wildman–Crippen LogP) is 1.33. The summed E-state index contributed by atoms with van der Waals surface area (Å²) in [6.07, 6.45) is 6.80. The number of rotatable bonds is 6. The highest BCUT2D eigenvalue weighted by atomic mass is 16.2. The average molecular weight is 334 g/mol. The van der Waals surface area contributed by atoms with Gasteiger partial charge in [-0.2, -0.15) is 0 Å². The molecule has 1 aliphatic heterocycles. The number of hydrogen-bond donors (Lipinski definition) is 2. The molecule has 1 amide bonds. The molecule has 6 nitrogen and oxygen atoms in total. The lowest BCUT2D eigenvalue weighted by atomic mass is 9.92. The van der Waals surface area contributed by atoms with Crippen molar-refractivity contribution in [3.8, 4) is 0 Å². The Morgan fingerprint density at radius 2 is 1.88 bits per heavy atom. The van der Waals surface area contributed by atoms with Gasteiger partial charge in [-0.05, 0) is 32.8 Å². The Morgan fingerprint density at radius 1 is 1.21 bits per heavy atom. The molecule has 0 bridgehead atoms. The Balaban J connectivity index is 2.15. The molecule has 3 N–H and O–H groups in total. The van der Waals surface area contributed by atoms with E-state index in [-0.39, 0.29) is 11.5 Å². The Hall–Kier alpha value is -1.82. The summed E-state index contributed by atoms with van der Waals surface area (Å²) >= 11 is 0. The highest BCUT2D eigenvalue weighted by Gasteiger charge is 2.28. The number of carbonyl (C=O) groups is 1. The van der Waals surface area contributed by atoms with E-state index in [1.165, 1.54) is 25.7 Å². The number of nitrogens with two attached hydrogens (primary N) is 1. The number of nitrogens with zero attached hydrogens (tertiary/aromatic N) is 2. The lowest BCUT2D eigenvalue weighted by Gasteiger charge is -2.27. The maximum Gasteiger partial charge on any atom is 0.250 e. The van der Waals surface area contributed by atoms with Crippen molar-refractivity contribution < 1.29 is 4.79 Å². The third-order valence-corrected chi connectivity index (χ3v) is 4.55. The summed E-state index contributed by atoms with van der Waals surface area (Å²) in [5.41, 5.74) is 5.76. The van der Waals surface area contributed by atoms with Crippen LogP contribution in [0.15, 0.2) is 23.1 Å². The monoisotopic (exact) mass is 334 g/mol. The Morgan fingerprint density at radius 3 is 2.50 bits per heavy atom. The Bertz CT molecular complexity index is 601. The lowest BCUT2D eigenvalue weighted by molar-refractivity contribution is -0.130. The van der Waals surface area contributed by atoms with Crippen molar-refractivity contribution in [2.75, 3.05) is 31.1 Å². The van der Waals surface area contributed by atoms with E-state index in [0.717, 1.165) is 18.8 Å². The third kappa shape index (κ3) is 4.84. The molecule has 1 aromatic rings. The number of hydrogen-bond acceptors (Lipinski definition) is 4. The van der Waals surface area contributed by atoms with Gasteiger partial charge in [0.1, 0.15) is 0 Å². The second-order valence-corrected chi connectivity index (χ2v) is 7.18. The van der Waals surface area contributed by atoms with Crippen molar-refractivity contribution in [2.45, 2.75) is 46.1 Å². The van der Waals surface area contributed by atoms with Crippen molar-refractivity contribution in [3.63, 3.8) is 0 Å². The molecule has 1 fully saturated rings. The van der Waals surface area contributed by atoms with E-state index in [2.05, 4.69) is 10.2 Å². The molecule has 2 rings (SSSR count). The molecule has 24 heavy (non-hydrogen) atoms. The molecule has 2 heterocycles. The van der Waals surface area contributed by atoms with Crippen molar-refractivity contribution in [3.05, 3.63) is 28.7 Å². The van der Waals surface area contributed by atoms with Crippen molar-refractivity contribution in [1.29, 1.82) is 0 Å². The molecule has 1 aromatic heterocycles. The first kappa shape index (κ1) is 18.5. The van der Waals surface area contributed by atoms with Gasteiger partial charge in [0.05, 0.1) is 11.1 Å². The average Bonchev–Trinajstić information content (AvgIpc) is 2.83. The van der Waals surface area contributed by atoms with Crippen LogP contribution in [0.5, 0.6) is 0 Å². The summed E-state index contributed by atoms with van der Waals surface area (Å²) in [6.45, 7) is 6.96. The predicted molar refractivity (Wildman–Crippen MR) is 97.2 cm³/mol. The van der Waals surface area contributed by atoms with Crippen LogP contribution in [0.2, 0.25) is 0 Å². The molecule has 0 aromatic carbocycles. The van der Waals surface area contributed by atoms with E-state index in [4.69, 9.17) is 5.73 Å². The highest BCUT2D eigenvalue weighted by molar-refractivity contribution is 5.81. The minimum absolute atomic E-state index is 0.0757. The van der Waals surface area contributed by atoms with Crippen LogP contribution in [-0.2, 0) is 11.3 Å². The van der Waals surface area contributed by atoms with Crippen molar-refractivity contribution in [2.24, 2.45) is 11.1 Å². The zero-order valence-electron chi connectivity index (χ0n) is 14.9. The van der Waals surface area contributed by atoms with E-state index in [1.807, 2.05) is 26.1 Å². The first-order valence-electron chi connectivity index (χ1n) is 8.88. The molecule has 0 spiro atoms. The van der Waals surface area contributed by atoms with Crippen LogP contribution in [0.4, 0.5) is 5.69 Å². The van der Waals surface area contributed by atoms with E-state index >= 15 is 0 Å². The van der Waals surface area contributed by atoms with Gasteiger partial charge in [0, 0.05) is 45.0 Å². The number of carbonyl (C=O) groups excluding carboxylic acids is 1. The first-order chi connectivity index (χ1) is 11.4. The standard InChI is InChI=1S/C18H30N4O2/c1-18(2,17(24)20-10-9-19)14-22-13-15(7-8-16(22)23)21-11-5-3-4-6-12-21/h7-8,13H,3-6,9-12,14,19H2,1-2H3,(H,20,24). The second kappa shape index (κ2) is 8.33. The quantitative estimate of drug-likeness (QED) is 0.822. The van der Waals surface area contributed by atoms with Gasteiger partial charge in [0.2, 0.25) is 5.91 Å². The van der Waals surface area contributed by atoms with Crippen LogP contribution >= 0.6 is 0 Å². The summed E-state index contributed by atoms with van der Waals surface area (Å²) in [7, 11) is 0. The van der Waals surface area contributed by atoms with Crippen LogP contribution in [0.3, 0.4) is 0 Å². The molecule has 0 saturated carbocycles. The lowest BCUT2D eigenvalue weighted by Crippen LogP contribution is -2.43. The molecular formula is C18H30N4O2. The minimum atomic E-state index is -0.670. The fourth-order valence-electron chi connectivity index (χ4n) is 3.08. The van der Waals surface area contributed by atoms with E-state index in [9.17, 15) is 9.59 Å². The van der Waals surface area contributed by atoms with Crippen LogP contribution < -0.4 is 21.5 Å². The topological polar surface area (TPSA) is 80.4 Å². The molecular weight excluding hydrogens is 304 g/mol. The maximum atomic E-state index is 12.3. The second-order valence-electron chi connectivity index (χ2n) is 7.18. The van der Waals surface area contributed by atoms with Gasteiger partial charge < -0.3 is 20.5 Å². The van der Waals surface area contributed by atoms with Crippen molar-refractivity contribution >= 4 is 11.6 Å². The van der Waals surface area contributed by atoms with Gasteiger partial charge in [-0.1, -0.05) is 12.8 Å².